The van der Waals surface area contributed by atoms with Crippen LogP contribution in [-0.4, -0.2) is 46.1 Å². The van der Waals surface area contributed by atoms with Crippen LogP contribution in [0.3, 0.4) is 0 Å². The molecule has 0 bridgehead atoms. The molecule has 2 N–H and O–H groups in total. The summed E-state index contributed by atoms with van der Waals surface area (Å²) in [5.74, 6) is -2.51. The predicted molar refractivity (Wildman–Crippen MR) is 304 cm³/mol. The van der Waals surface area contributed by atoms with E-state index >= 15 is 8.78 Å². The molecule has 10 rings (SSSR count). The SMILES string of the molecule is C=CC(=O)C[C@H](/C(=C\C)C1CCC[C@H]1c1cc2cc([C@H]3CC[C@H](c4ccc5c(c4)C=C([C@@H]4CCCN4C(=O)[C@@H](NC(=O)CC)C(C)C)C5)C3c3cc(F)c(C4CCC(c5ccc(F)c(F)c5)CC4)c(F)c3)ccc2[nH]1)C(C)C. The number of H-pyrrole nitrogens is 1. The topological polar surface area (TPSA) is 82.3 Å². The number of benzene rings is 4. The van der Waals surface area contributed by atoms with Crippen LogP contribution in [0.5, 0.6) is 0 Å². The minimum atomic E-state index is -0.885. The molecule has 0 radical (unpaired) electrons. The van der Waals surface area contributed by atoms with Gasteiger partial charge in [0.1, 0.15) is 17.7 Å². The number of likely N-dealkylation sites (tertiary alicyclic amines) is 1. The number of nitrogens with zero attached hydrogens (tertiary/aromatic N) is 1. The van der Waals surface area contributed by atoms with Gasteiger partial charge in [-0.2, -0.15) is 0 Å². The number of hydrogen-bond donors (Lipinski definition) is 2. The molecule has 1 aliphatic heterocycles. The zero-order valence-electron chi connectivity index (χ0n) is 46.6. The van der Waals surface area contributed by atoms with Gasteiger partial charge in [-0.25, -0.2) is 17.6 Å². The van der Waals surface area contributed by atoms with Gasteiger partial charge in [-0.1, -0.05) is 95.7 Å². The largest absolute Gasteiger partial charge is 0.358 e. The Morgan fingerprint density at radius 3 is 2.06 bits per heavy atom. The van der Waals surface area contributed by atoms with E-state index in [0.717, 1.165) is 90.6 Å². The number of nitrogens with one attached hydrogen (secondary N) is 2. The maximum absolute atomic E-state index is 17.0. The Hall–Kier alpha value is -6.03. The third-order valence-corrected chi connectivity index (χ3v) is 19.2. The van der Waals surface area contributed by atoms with Crippen molar-refractivity contribution in [2.75, 3.05) is 6.54 Å². The Morgan fingerprint density at radius 1 is 0.718 bits per heavy atom. The van der Waals surface area contributed by atoms with E-state index in [-0.39, 0.29) is 70.6 Å². The van der Waals surface area contributed by atoms with Gasteiger partial charge in [-0.05, 0) is 224 Å². The molecule has 1 saturated heterocycles. The molecule has 2 heterocycles. The van der Waals surface area contributed by atoms with E-state index in [0.29, 0.717) is 68.4 Å². The molecule has 2 amide bonds. The monoisotopic (exact) mass is 1060 g/mol. The van der Waals surface area contributed by atoms with Crippen molar-refractivity contribution in [1.29, 1.82) is 0 Å². The molecule has 412 valence electrons. The van der Waals surface area contributed by atoms with Gasteiger partial charge >= 0.3 is 0 Å². The first kappa shape index (κ1) is 55.3. The van der Waals surface area contributed by atoms with E-state index < -0.39 is 29.3 Å². The normalized spacial score (nSPS) is 25.2. The molecule has 5 aliphatic rings. The highest BCUT2D eigenvalue weighted by molar-refractivity contribution is 5.90. The van der Waals surface area contributed by atoms with Crippen LogP contribution < -0.4 is 5.32 Å². The molecular formula is C68H79F4N3O3. The second-order valence-electron chi connectivity index (χ2n) is 24.4. The summed E-state index contributed by atoms with van der Waals surface area (Å²) in [5.41, 5.74) is 10.9. The van der Waals surface area contributed by atoms with E-state index in [2.05, 4.69) is 92.3 Å². The van der Waals surface area contributed by atoms with Crippen LogP contribution in [0.4, 0.5) is 17.6 Å². The van der Waals surface area contributed by atoms with E-state index in [4.69, 9.17) is 0 Å². The molecule has 10 heteroatoms. The van der Waals surface area contributed by atoms with Crippen molar-refractivity contribution in [3.63, 3.8) is 0 Å². The predicted octanol–water partition coefficient (Wildman–Crippen LogP) is 16.3. The Labute approximate surface area is 459 Å². The van der Waals surface area contributed by atoms with E-state index in [1.807, 2.05) is 18.7 Å². The summed E-state index contributed by atoms with van der Waals surface area (Å²) in [7, 11) is 0. The standard InChI is InChI=1S/C68H79F4N3O3/c1-8-50(76)37-56(38(4)5)51(9-2)54-13-11-14-55(54)62-36-47-31-45(23-27-61(47)73-62)53-25-24-52(65(53)49-34-59(71)66(60(72)35-49)41-18-16-40(17-19-41)43-22-26-57(69)58(70)33-43)44-21-20-42-29-48(32-46(42)30-44)63-15-12-28-75(63)68(78)67(39(6)7)74-64(77)10-3/h8-9,20-23,26-27,30-36,38-41,52-56,63,65,67,73H,1,10-19,24-25,28-29,37H2,2-7H3,(H,74,77)/b51-9-/t40?,41?,52-,53-,54?,55-,56+,63+,65?,67+/m1/s1. The number of aromatic amines is 1. The highest BCUT2D eigenvalue weighted by atomic mass is 19.2. The number of aromatic nitrogens is 1. The smallest absolute Gasteiger partial charge is 0.245 e. The summed E-state index contributed by atoms with van der Waals surface area (Å²) in [6.45, 7) is 16.7. The number of carbonyl (C=O) groups is 3. The zero-order chi connectivity index (χ0) is 55.1. The quantitative estimate of drug-likeness (QED) is 0.0553. The number of hydrogen-bond acceptors (Lipinski definition) is 3. The second kappa shape index (κ2) is 23.4. The first-order chi connectivity index (χ1) is 37.5. The number of ketones is 1. The van der Waals surface area contributed by atoms with E-state index in [1.54, 1.807) is 25.1 Å². The van der Waals surface area contributed by atoms with E-state index in [9.17, 15) is 23.2 Å². The van der Waals surface area contributed by atoms with Gasteiger partial charge in [0, 0.05) is 42.1 Å². The summed E-state index contributed by atoms with van der Waals surface area (Å²) in [4.78, 5) is 45.2. The molecule has 4 aromatic carbocycles. The molecule has 8 atom stereocenters. The third kappa shape index (κ3) is 11.0. The molecule has 5 aromatic rings. The molecule has 0 spiro atoms. The van der Waals surface area contributed by atoms with Crippen molar-refractivity contribution < 1.29 is 31.9 Å². The number of allylic oxidation sites excluding steroid dienone is 3. The maximum atomic E-state index is 17.0. The Balaban J connectivity index is 0.962. The maximum Gasteiger partial charge on any atom is 0.245 e. The van der Waals surface area contributed by atoms with E-state index in [1.165, 1.54) is 34.5 Å². The third-order valence-electron chi connectivity index (χ3n) is 19.2. The second-order valence-corrected chi connectivity index (χ2v) is 24.4. The van der Waals surface area contributed by atoms with Crippen molar-refractivity contribution in [3.8, 4) is 0 Å². The molecule has 1 aromatic heterocycles. The highest BCUT2D eigenvalue weighted by Crippen LogP contribution is 2.56. The highest BCUT2D eigenvalue weighted by Gasteiger charge is 2.43. The summed E-state index contributed by atoms with van der Waals surface area (Å²) >= 11 is 0. The lowest BCUT2D eigenvalue weighted by Gasteiger charge is -2.31. The zero-order valence-corrected chi connectivity index (χ0v) is 46.6. The first-order valence-corrected chi connectivity index (χ1v) is 29.4. The molecule has 4 aliphatic carbocycles. The Bertz CT molecular complexity index is 3120. The number of fused-ring (bicyclic) bond motifs is 2. The average molecular weight is 1060 g/mol. The summed E-state index contributed by atoms with van der Waals surface area (Å²) in [5, 5.41) is 4.11. The van der Waals surface area contributed by atoms with Crippen LogP contribution in [0.15, 0.2) is 103 Å². The lowest BCUT2D eigenvalue weighted by Crippen LogP contribution is -2.52. The van der Waals surface area contributed by atoms with Crippen molar-refractivity contribution in [1.82, 2.24) is 15.2 Å². The van der Waals surface area contributed by atoms with Crippen LogP contribution in [0.1, 0.15) is 205 Å². The Kier molecular flexibility index (Phi) is 16.6. The van der Waals surface area contributed by atoms with Gasteiger partial charge in [-0.3, -0.25) is 14.4 Å². The average Bonchev–Trinajstić information content (AvgIpc) is 4.43. The number of amides is 2. The molecule has 2 unspecified atom stereocenters. The molecule has 3 saturated carbocycles. The van der Waals surface area contributed by atoms with Gasteiger partial charge in [0.2, 0.25) is 11.8 Å². The lowest BCUT2D eigenvalue weighted by atomic mass is 9.74. The number of rotatable bonds is 17. The van der Waals surface area contributed by atoms with Gasteiger partial charge in [0.15, 0.2) is 17.4 Å². The molecule has 4 fully saturated rings. The van der Waals surface area contributed by atoms with Crippen molar-refractivity contribution in [2.24, 2.45) is 23.7 Å². The summed E-state index contributed by atoms with van der Waals surface area (Å²) in [6.07, 6.45) is 16.5. The van der Waals surface area contributed by atoms with Gasteiger partial charge in [-0.15, -0.1) is 0 Å². The van der Waals surface area contributed by atoms with Crippen molar-refractivity contribution in [3.05, 3.63) is 171 Å². The molecular weight excluding hydrogens is 983 g/mol. The fourth-order valence-corrected chi connectivity index (χ4v) is 15.2. The van der Waals surface area contributed by atoms with Crippen molar-refractivity contribution in [2.45, 2.75) is 179 Å². The number of halogens is 4. The van der Waals surface area contributed by atoms with Gasteiger partial charge < -0.3 is 15.2 Å². The minimum Gasteiger partial charge on any atom is -0.358 e. The van der Waals surface area contributed by atoms with Gasteiger partial charge in [0.05, 0.1) is 6.04 Å². The lowest BCUT2D eigenvalue weighted by molar-refractivity contribution is -0.137. The summed E-state index contributed by atoms with van der Waals surface area (Å²) < 4.78 is 62.0. The van der Waals surface area contributed by atoms with Gasteiger partial charge in [0.25, 0.3) is 0 Å². The Morgan fingerprint density at radius 2 is 1.40 bits per heavy atom. The fraction of sp³-hybridized carbons (Fsp3) is 0.485. The van der Waals surface area contributed by atoms with Crippen LogP contribution >= 0.6 is 0 Å². The van der Waals surface area contributed by atoms with Crippen LogP contribution in [-0.2, 0) is 20.8 Å². The molecule has 78 heavy (non-hydrogen) atoms. The first-order valence-electron chi connectivity index (χ1n) is 29.4. The van der Waals surface area contributed by atoms with Crippen LogP contribution in [0, 0.1) is 46.9 Å². The van der Waals surface area contributed by atoms with Crippen molar-refractivity contribution >= 4 is 34.6 Å². The minimum absolute atomic E-state index is 0.00752. The molecule has 6 nitrogen and oxygen atoms in total. The number of carbonyl (C=O) groups excluding carboxylic acids is 3. The van der Waals surface area contributed by atoms with Crippen LogP contribution in [0.25, 0.3) is 17.0 Å². The fourth-order valence-electron chi connectivity index (χ4n) is 15.2. The van der Waals surface area contributed by atoms with Crippen LogP contribution in [0.2, 0.25) is 0 Å². The summed E-state index contributed by atoms with van der Waals surface area (Å²) in [6, 6.07) is 22.3.